The summed E-state index contributed by atoms with van der Waals surface area (Å²) in [6.45, 7) is 2.04. The Kier molecular flexibility index (Phi) is 3.83. The van der Waals surface area contributed by atoms with Crippen molar-refractivity contribution in [2.24, 2.45) is 0 Å². The third kappa shape index (κ3) is 2.88. The van der Waals surface area contributed by atoms with Crippen molar-refractivity contribution in [1.82, 2.24) is 9.97 Å². The number of benzene rings is 1. The molecule has 0 amide bonds. The fraction of sp³-hybridized carbons (Fsp3) is 0.286. The molecule has 1 aromatic carbocycles. The van der Waals surface area contributed by atoms with Gasteiger partial charge >= 0.3 is 0 Å². The van der Waals surface area contributed by atoms with Crippen LogP contribution in [0.1, 0.15) is 30.0 Å². The van der Waals surface area contributed by atoms with Crippen LogP contribution >= 0.6 is 0 Å². The zero-order valence-electron chi connectivity index (χ0n) is 9.87. The Hall–Kier alpha value is -1.74. The third-order valence-corrected chi connectivity index (χ3v) is 2.77. The number of aliphatic hydroxyl groups excluding tert-OH is 1. The molecule has 0 fully saturated rings. The van der Waals surface area contributed by atoms with Crippen LogP contribution in [0.3, 0.4) is 0 Å². The molecule has 0 saturated carbocycles. The van der Waals surface area contributed by atoms with Crippen LogP contribution in [-0.2, 0) is 12.8 Å². The van der Waals surface area contributed by atoms with E-state index in [1.54, 1.807) is 12.4 Å². The first-order valence-corrected chi connectivity index (χ1v) is 5.83. The molecule has 1 aromatic heterocycles. The molecule has 1 N–H and O–H groups in total. The van der Waals surface area contributed by atoms with Crippen molar-refractivity contribution in [2.75, 3.05) is 0 Å². The lowest BCUT2D eigenvalue weighted by Gasteiger charge is -2.12. The van der Waals surface area contributed by atoms with Gasteiger partial charge in [-0.15, -0.1) is 0 Å². The van der Waals surface area contributed by atoms with Crippen molar-refractivity contribution in [3.63, 3.8) is 0 Å². The van der Waals surface area contributed by atoms with Crippen LogP contribution in [0.15, 0.2) is 42.7 Å². The van der Waals surface area contributed by atoms with Gasteiger partial charge in [0.1, 0.15) is 0 Å². The van der Waals surface area contributed by atoms with Crippen molar-refractivity contribution >= 4 is 0 Å². The predicted molar refractivity (Wildman–Crippen MR) is 66.5 cm³/mol. The summed E-state index contributed by atoms with van der Waals surface area (Å²) in [5.74, 6) is 0. The number of aliphatic hydroxyl groups is 1. The van der Waals surface area contributed by atoms with Gasteiger partial charge in [0.05, 0.1) is 17.5 Å². The SMILES string of the molecule is CCc1nccnc1CC(O)c1ccccc1. The van der Waals surface area contributed by atoms with Crippen LogP contribution in [0.2, 0.25) is 0 Å². The van der Waals surface area contributed by atoms with E-state index in [1.807, 2.05) is 37.3 Å². The van der Waals surface area contributed by atoms with Crippen LogP contribution < -0.4 is 0 Å². The second-order valence-corrected chi connectivity index (χ2v) is 3.93. The Morgan fingerprint density at radius 1 is 1.06 bits per heavy atom. The predicted octanol–water partition coefficient (Wildman–Crippen LogP) is 2.32. The van der Waals surface area contributed by atoms with Crippen LogP contribution in [-0.4, -0.2) is 15.1 Å². The van der Waals surface area contributed by atoms with Gasteiger partial charge in [0.15, 0.2) is 0 Å². The van der Waals surface area contributed by atoms with Gasteiger partial charge in [-0.2, -0.15) is 0 Å². The Morgan fingerprint density at radius 2 is 1.71 bits per heavy atom. The molecule has 3 nitrogen and oxygen atoms in total. The molecule has 1 unspecified atom stereocenters. The van der Waals surface area contributed by atoms with E-state index in [4.69, 9.17) is 0 Å². The number of nitrogens with zero attached hydrogens (tertiary/aromatic N) is 2. The maximum absolute atomic E-state index is 10.1. The van der Waals surface area contributed by atoms with E-state index in [2.05, 4.69) is 9.97 Å². The van der Waals surface area contributed by atoms with Crippen molar-refractivity contribution in [3.05, 3.63) is 59.7 Å². The van der Waals surface area contributed by atoms with E-state index in [0.29, 0.717) is 6.42 Å². The fourth-order valence-electron chi connectivity index (χ4n) is 1.84. The van der Waals surface area contributed by atoms with Gasteiger partial charge in [-0.05, 0) is 12.0 Å². The molecule has 2 aromatic rings. The first-order valence-electron chi connectivity index (χ1n) is 5.83. The van der Waals surface area contributed by atoms with E-state index in [0.717, 1.165) is 23.4 Å². The van der Waals surface area contributed by atoms with Gasteiger partial charge in [-0.3, -0.25) is 9.97 Å². The van der Waals surface area contributed by atoms with Gasteiger partial charge < -0.3 is 5.11 Å². The fourth-order valence-corrected chi connectivity index (χ4v) is 1.84. The molecule has 0 spiro atoms. The minimum atomic E-state index is -0.516. The summed E-state index contributed by atoms with van der Waals surface area (Å²) in [4.78, 5) is 8.56. The van der Waals surface area contributed by atoms with Gasteiger partial charge in [-0.25, -0.2) is 0 Å². The summed E-state index contributed by atoms with van der Waals surface area (Å²) in [7, 11) is 0. The number of hydrogen-bond donors (Lipinski definition) is 1. The maximum Gasteiger partial charge on any atom is 0.0846 e. The van der Waals surface area contributed by atoms with Gasteiger partial charge in [0.25, 0.3) is 0 Å². The second-order valence-electron chi connectivity index (χ2n) is 3.93. The topological polar surface area (TPSA) is 46.0 Å². The standard InChI is InChI=1S/C14H16N2O/c1-2-12-13(16-9-8-15-12)10-14(17)11-6-4-3-5-7-11/h3-9,14,17H,2,10H2,1H3. The Morgan fingerprint density at radius 3 is 2.35 bits per heavy atom. The summed E-state index contributed by atoms with van der Waals surface area (Å²) in [5.41, 5.74) is 2.76. The number of rotatable bonds is 4. The largest absolute Gasteiger partial charge is 0.388 e. The Balaban J connectivity index is 2.16. The first kappa shape index (κ1) is 11.7. The Labute approximate surface area is 101 Å². The zero-order valence-corrected chi connectivity index (χ0v) is 9.87. The quantitative estimate of drug-likeness (QED) is 0.873. The second kappa shape index (κ2) is 5.55. The van der Waals surface area contributed by atoms with E-state index in [-0.39, 0.29) is 0 Å². The molecule has 2 rings (SSSR count). The molecule has 0 radical (unpaired) electrons. The summed E-state index contributed by atoms with van der Waals surface area (Å²) in [6.07, 6.45) is 4.20. The number of aryl methyl sites for hydroxylation is 1. The summed E-state index contributed by atoms with van der Waals surface area (Å²) >= 11 is 0. The number of hydrogen-bond acceptors (Lipinski definition) is 3. The lowest BCUT2D eigenvalue weighted by molar-refractivity contribution is 0.176. The summed E-state index contributed by atoms with van der Waals surface area (Å²) in [5, 5.41) is 10.1. The molecule has 3 heteroatoms. The highest BCUT2D eigenvalue weighted by Gasteiger charge is 2.11. The molecule has 1 heterocycles. The lowest BCUT2D eigenvalue weighted by atomic mass is 10.0. The first-order chi connectivity index (χ1) is 8.31. The molecule has 1 atom stereocenters. The van der Waals surface area contributed by atoms with E-state index >= 15 is 0 Å². The summed E-state index contributed by atoms with van der Waals surface area (Å²) < 4.78 is 0. The van der Waals surface area contributed by atoms with Gasteiger partial charge in [-0.1, -0.05) is 37.3 Å². The molecule has 0 bridgehead atoms. The smallest absolute Gasteiger partial charge is 0.0846 e. The molecule has 0 saturated heterocycles. The minimum absolute atomic E-state index is 0.515. The van der Waals surface area contributed by atoms with Crippen molar-refractivity contribution in [3.8, 4) is 0 Å². The van der Waals surface area contributed by atoms with Crippen molar-refractivity contribution < 1.29 is 5.11 Å². The average molecular weight is 228 g/mol. The highest BCUT2D eigenvalue weighted by molar-refractivity contribution is 5.20. The van der Waals surface area contributed by atoms with Crippen molar-refractivity contribution in [2.45, 2.75) is 25.9 Å². The number of aromatic nitrogens is 2. The van der Waals surface area contributed by atoms with Crippen LogP contribution in [0.5, 0.6) is 0 Å². The molecule has 0 aliphatic carbocycles. The van der Waals surface area contributed by atoms with E-state index in [9.17, 15) is 5.11 Å². The normalized spacial score (nSPS) is 12.4. The highest BCUT2D eigenvalue weighted by Crippen LogP contribution is 2.18. The van der Waals surface area contributed by atoms with E-state index < -0.39 is 6.10 Å². The van der Waals surface area contributed by atoms with Gasteiger partial charge in [0.2, 0.25) is 0 Å². The average Bonchev–Trinajstić information content (AvgIpc) is 2.40. The van der Waals surface area contributed by atoms with Crippen LogP contribution in [0.25, 0.3) is 0 Å². The van der Waals surface area contributed by atoms with Crippen molar-refractivity contribution in [1.29, 1.82) is 0 Å². The van der Waals surface area contributed by atoms with Crippen LogP contribution in [0.4, 0.5) is 0 Å². The Bertz CT molecular complexity index is 471. The molecule has 0 aliphatic rings. The van der Waals surface area contributed by atoms with Crippen LogP contribution in [0, 0.1) is 0 Å². The molecular weight excluding hydrogens is 212 g/mol. The van der Waals surface area contributed by atoms with E-state index in [1.165, 1.54) is 0 Å². The lowest BCUT2D eigenvalue weighted by Crippen LogP contribution is -2.07. The molecule has 17 heavy (non-hydrogen) atoms. The zero-order chi connectivity index (χ0) is 12.1. The molecule has 0 aliphatic heterocycles. The monoisotopic (exact) mass is 228 g/mol. The minimum Gasteiger partial charge on any atom is -0.388 e. The summed E-state index contributed by atoms with van der Waals surface area (Å²) in [6, 6.07) is 9.64. The molecular formula is C14H16N2O. The molecule has 88 valence electrons. The third-order valence-electron chi connectivity index (χ3n) is 2.77. The highest BCUT2D eigenvalue weighted by atomic mass is 16.3. The van der Waals surface area contributed by atoms with Gasteiger partial charge in [0, 0.05) is 18.8 Å². The maximum atomic E-state index is 10.1.